The van der Waals surface area contributed by atoms with Gasteiger partial charge in [0, 0.05) is 0 Å². The molecule has 2 unspecified atom stereocenters. The Balaban J connectivity index is 4.60. The van der Waals surface area contributed by atoms with E-state index in [0.717, 1.165) is 6.92 Å². The number of hydrogen-bond donors (Lipinski definition) is 9. The van der Waals surface area contributed by atoms with E-state index in [0.29, 0.717) is 0 Å². The van der Waals surface area contributed by atoms with Crippen molar-refractivity contribution in [2.75, 3.05) is 6.61 Å². The van der Waals surface area contributed by atoms with Gasteiger partial charge in [0.2, 0.25) is 0 Å². The molecule has 0 rings (SSSR count). The van der Waals surface area contributed by atoms with Crippen LogP contribution in [0.15, 0.2) is 0 Å². The first-order valence-electron chi connectivity index (χ1n) is 5.81. The van der Waals surface area contributed by atoms with Crippen molar-refractivity contribution in [2.24, 2.45) is 0 Å². The van der Waals surface area contributed by atoms with Crippen LogP contribution in [0.5, 0.6) is 0 Å². The van der Waals surface area contributed by atoms with Crippen molar-refractivity contribution in [3.05, 3.63) is 0 Å². The summed E-state index contributed by atoms with van der Waals surface area (Å²) in [5, 5.41) is 75.1. The summed E-state index contributed by atoms with van der Waals surface area (Å²) >= 11 is 0. The minimum absolute atomic E-state index is 0.909. The summed E-state index contributed by atoms with van der Waals surface area (Å²) in [6, 6.07) is 0. The molecular weight excluding hydrogens is 278 g/mol. The third-order valence-electron chi connectivity index (χ3n) is 2.62. The van der Waals surface area contributed by atoms with Crippen LogP contribution in [0, 0.1) is 0 Å². The monoisotopic (exact) mass is 299 g/mol. The minimum Gasteiger partial charge on any atom is -0.394 e. The highest BCUT2D eigenvalue weighted by molar-refractivity contribution is 5.81. The fourth-order valence-electron chi connectivity index (χ4n) is 1.23. The fourth-order valence-corrected chi connectivity index (χ4v) is 1.23. The van der Waals surface area contributed by atoms with E-state index in [4.69, 9.17) is 20.4 Å². The second kappa shape index (κ2) is 8.44. The highest BCUT2D eigenvalue weighted by Gasteiger charge is 2.37. The number of rotatable bonds is 8. The first-order valence-corrected chi connectivity index (χ1v) is 5.81. The normalized spacial score (nSPS) is 22.2. The third kappa shape index (κ3) is 5.26. The number of hydrogen-bond acceptors (Lipinski definition) is 9. The van der Waals surface area contributed by atoms with E-state index in [1.807, 2.05) is 0 Å². The number of carbonyl (C=O) groups is 1. The van der Waals surface area contributed by atoms with Gasteiger partial charge in [-0.25, -0.2) is 0 Å². The zero-order chi connectivity index (χ0) is 16.0. The number of aliphatic hydroxyl groups is 8. The van der Waals surface area contributed by atoms with E-state index in [-0.39, 0.29) is 0 Å². The van der Waals surface area contributed by atoms with Gasteiger partial charge in [0.15, 0.2) is 12.3 Å². The molecule has 0 aliphatic carbocycles. The fraction of sp³-hybridized carbons (Fsp3) is 0.900. The van der Waals surface area contributed by atoms with E-state index in [1.165, 1.54) is 0 Å². The molecule has 0 aliphatic rings. The van der Waals surface area contributed by atoms with Crippen molar-refractivity contribution in [1.29, 1.82) is 0 Å². The molecule has 1 amide bonds. The molecule has 10 nitrogen and oxygen atoms in total. The van der Waals surface area contributed by atoms with Crippen LogP contribution in [0.1, 0.15) is 6.92 Å². The second-order valence-corrected chi connectivity index (χ2v) is 4.36. The van der Waals surface area contributed by atoms with Gasteiger partial charge in [-0.3, -0.25) is 4.79 Å². The number of nitrogens with one attached hydrogen (secondary N) is 1. The first kappa shape index (κ1) is 19.1. The van der Waals surface area contributed by atoms with E-state index >= 15 is 0 Å². The van der Waals surface area contributed by atoms with Crippen LogP contribution in [-0.2, 0) is 4.79 Å². The summed E-state index contributed by atoms with van der Waals surface area (Å²) in [7, 11) is 0. The van der Waals surface area contributed by atoms with Crippen LogP contribution in [-0.4, -0.2) is 96.2 Å². The van der Waals surface area contributed by atoms with Gasteiger partial charge in [-0.05, 0) is 6.92 Å². The Kier molecular flexibility index (Phi) is 8.08. The summed E-state index contributed by atoms with van der Waals surface area (Å²) in [5.74, 6) is -1.31. The van der Waals surface area contributed by atoms with Crippen molar-refractivity contribution in [2.45, 2.75) is 49.8 Å². The summed E-state index contributed by atoms with van der Waals surface area (Å²) in [6.45, 7) is 0.248. The number of aliphatic hydroxyl groups excluding tert-OH is 8. The van der Waals surface area contributed by atoms with E-state index in [9.17, 15) is 25.2 Å². The van der Waals surface area contributed by atoms with Gasteiger partial charge in [0.25, 0.3) is 5.91 Å². The molecule has 0 spiro atoms. The summed E-state index contributed by atoms with van der Waals surface area (Å²) in [4.78, 5) is 11.4. The molecule has 20 heavy (non-hydrogen) atoms. The van der Waals surface area contributed by atoms with Crippen molar-refractivity contribution in [1.82, 2.24) is 5.32 Å². The lowest BCUT2D eigenvalue weighted by atomic mass is 9.99. The number of carbonyl (C=O) groups excluding carboxylic acids is 1. The molecule has 0 saturated carbocycles. The standard InChI is InChI=1S/C10H21NO9/c1-3(13)9(19)11-10(20)8(18)7(17)6(16)5(15)4(14)2-12/h3-9,12-19H,2H2,1H3,(H,11,20)/t3?,4-,5+,6-,7-,8-,9?/m1/s1. The van der Waals surface area contributed by atoms with Crippen LogP contribution in [0.25, 0.3) is 0 Å². The predicted octanol–water partition coefficient (Wildman–Crippen LogP) is -5.40. The third-order valence-corrected chi connectivity index (χ3v) is 2.62. The maximum atomic E-state index is 11.4. The molecular formula is C10H21NO9. The van der Waals surface area contributed by atoms with Gasteiger partial charge >= 0.3 is 0 Å². The van der Waals surface area contributed by atoms with Gasteiger partial charge in [-0.15, -0.1) is 0 Å². The van der Waals surface area contributed by atoms with Gasteiger partial charge in [-0.2, -0.15) is 0 Å². The molecule has 0 heterocycles. The van der Waals surface area contributed by atoms with Crippen LogP contribution < -0.4 is 5.32 Å². The minimum atomic E-state index is -2.24. The first-order chi connectivity index (χ1) is 9.13. The lowest BCUT2D eigenvalue weighted by Gasteiger charge is -2.28. The predicted molar refractivity (Wildman–Crippen MR) is 63.0 cm³/mol. The quantitative estimate of drug-likeness (QED) is 0.197. The Labute approximate surface area is 114 Å². The van der Waals surface area contributed by atoms with Gasteiger partial charge in [-0.1, -0.05) is 0 Å². The molecule has 120 valence electrons. The largest absolute Gasteiger partial charge is 0.394 e. The van der Waals surface area contributed by atoms with Crippen molar-refractivity contribution >= 4 is 5.91 Å². The molecule has 0 aromatic carbocycles. The van der Waals surface area contributed by atoms with Crippen LogP contribution in [0.2, 0.25) is 0 Å². The van der Waals surface area contributed by atoms with Gasteiger partial charge in [0.1, 0.15) is 24.4 Å². The molecule has 9 N–H and O–H groups in total. The maximum Gasteiger partial charge on any atom is 0.253 e. The average Bonchev–Trinajstić information content (AvgIpc) is 2.42. The summed E-state index contributed by atoms with van der Waals surface area (Å²) in [6.07, 6.45) is -13.4. The smallest absolute Gasteiger partial charge is 0.253 e. The molecule has 0 aromatic heterocycles. The Morgan fingerprint density at radius 2 is 1.45 bits per heavy atom. The SMILES string of the molecule is CC(O)C(O)NC(=O)[C@H](O)[C@H](O)[C@H](O)[C@@H](O)[C@H](O)CO. The van der Waals surface area contributed by atoms with Crippen LogP contribution in [0.4, 0.5) is 0 Å². The highest BCUT2D eigenvalue weighted by Crippen LogP contribution is 2.09. The van der Waals surface area contributed by atoms with E-state index in [2.05, 4.69) is 0 Å². The molecule has 0 saturated heterocycles. The highest BCUT2D eigenvalue weighted by atomic mass is 16.4. The topological polar surface area (TPSA) is 191 Å². The molecule has 0 radical (unpaired) electrons. The molecule has 7 atom stereocenters. The van der Waals surface area contributed by atoms with E-state index < -0.39 is 55.4 Å². The molecule has 0 aliphatic heterocycles. The second-order valence-electron chi connectivity index (χ2n) is 4.36. The molecule has 0 bridgehead atoms. The molecule has 0 aromatic rings. The summed E-state index contributed by atoms with van der Waals surface area (Å²) in [5.41, 5.74) is 0. The van der Waals surface area contributed by atoms with Crippen molar-refractivity contribution in [3.63, 3.8) is 0 Å². The Morgan fingerprint density at radius 3 is 1.85 bits per heavy atom. The van der Waals surface area contributed by atoms with Crippen molar-refractivity contribution in [3.8, 4) is 0 Å². The van der Waals surface area contributed by atoms with Crippen molar-refractivity contribution < 1.29 is 45.6 Å². The maximum absolute atomic E-state index is 11.4. The average molecular weight is 299 g/mol. The lowest BCUT2D eigenvalue weighted by molar-refractivity contribution is -0.160. The molecule has 0 fully saturated rings. The zero-order valence-corrected chi connectivity index (χ0v) is 10.7. The molecule has 10 heteroatoms. The van der Waals surface area contributed by atoms with E-state index in [1.54, 1.807) is 5.32 Å². The van der Waals surface area contributed by atoms with Gasteiger partial charge < -0.3 is 46.2 Å². The zero-order valence-electron chi connectivity index (χ0n) is 10.7. The Bertz CT molecular complexity index is 300. The lowest BCUT2D eigenvalue weighted by Crippen LogP contribution is -2.56. The number of amides is 1. The Hall–Kier alpha value is -0.850. The van der Waals surface area contributed by atoms with Crippen LogP contribution in [0.3, 0.4) is 0 Å². The van der Waals surface area contributed by atoms with Gasteiger partial charge in [0.05, 0.1) is 12.7 Å². The Morgan fingerprint density at radius 1 is 0.950 bits per heavy atom. The summed E-state index contributed by atoms with van der Waals surface area (Å²) < 4.78 is 0. The van der Waals surface area contributed by atoms with Crippen LogP contribution >= 0.6 is 0 Å².